The van der Waals surface area contributed by atoms with Gasteiger partial charge in [-0.25, -0.2) is 0 Å². The van der Waals surface area contributed by atoms with Crippen molar-refractivity contribution in [2.45, 2.75) is 12.6 Å². The van der Waals surface area contributed by atoms with Crippen LogP contribution >= 0.6 is 0 Å². The van der Waals surface area contributed by atoms with Gasteiger partial charge in [0, 0.05) is 11.5 Å². The summed E-state index contributed by atoms with van der Waals surface area (Å²) in [6, 6.07) is 0. The van der Waals surface area contributed by atoms with Gasteiger partial charge in [0.1, 0.15) is 6.23 Å². The van der Waals surface area contributed by atoms with Crippen LogP contribution in [0.1, 0.15) is 6.42 Å². The second-order valence-electron chi connectivity index (χ2n) is 1.31. The van der Waals surface area contributed by atoms with E-state index < -0.39 is 6.23 Å². The monoisotopic (exact) mass is 116 g/mol. The Balaban J connectivity index is 3.05. The van der Waals surface area contributed by atoms with Crippen LogP contribution in [0.15, 0.2) is 5.11 Å². The molecular weight excluding hydrogens is 108 g/mol. The van der Waals surface area contributed by atoms with Crippen molar-refractivity contribution in [1.29, 1.82) is 0 Å². The van der Waals surface area contributed by atoms with E-state index in [2.05, 4.69) is 10.0 Å². The van der Waals surface area contributed by atoms with E-state index in [0.717, 1.165) is 0 Å². The van der Waals surface area contributed by atoms with E-state index >= 15 is 0 Å². The molecule has 0 radical (unpaired) electrons. The molecule has 0 aromatic heterocycles. The number of hydrogen-bond donors (Lipinski definition) is 2. The molecule has 0 aliphatic carbocycles. The average molecular weight is 116 g/mol. The van der Waals surface area contributed by atoms with E-state index in [1.807, 2.05) is 0 Å². The van der Waals surface area contributed by atoms with Gasteiger partial charge in [0.25, 0.3) is 0 Å². The predicted octanol–water partition coefficient (Wildman–Crippen LogP) is -0.0361. The summed E-state index contributed by atoms with van der Waals surface area (Å²) >= 11 is 0. The summed E-state index contributed by atoms with van der Waals surface area (Å²) < 4.78 is 0. The summed E-state index contributed by atoms with van der Waals surface area (Å²) in [5, 5.41) is 11.5. The number of rotatable bonds is 3. The minimum atomic E-state index is -0.861. The van der Waals surface area contributed by atoms with Crippen molar-refractivity contribution >= 4 is 0 Å². The van der Waals surface area contributed by atoms with Crippen molar-refractivity contribution in [3.8, 4) is 0 Å². The normalized spacial score (nSPS) is 12.2. The van der Waals surface area contributed by atoms with Gasteiger partial charge in [-0.2, -0.15) is 0 Å². The zero-order valence-electron chi connectivity index (χ0n) is 4.36. The Kier molecular flexibility index (Phi) is 3.97. The molecule has 3 N–H and O–H groups in total. The first kappa shape index (κ1) is 7.23. The van der Waals surface area contributed by atoms with Crippen LogP contribution in [0.2, 0.25) is 0 Å². The largest absolute Gasteiger partial charge is 0.379 e. The summed E-state index contributed by atoms with van der Waals surface area (Å²) in [4.78, 5) is 2.47. The van der Waals surface area contributed by atoms with Crippen molar-refractivity contribution in [1.82, 2.24) is 0 Å². The van der Waals surface area contributed by atoms with Crippen LogP contribution in [0.3, 0.4) is 0 Å². The lowest BCUT2D eigenvalue weighted by molar-refractivity contribution is 0.175. The summed E-state index contributed by atoms with van der Waals surface area (Å²) in [6.07, 6.45) is -0.537. The molecule has 8 heavy (non-hydrogen) atoms. The van der Waals surface area contributed by atoms with Crippen LogP contribution in [0, 0.1) is 0 Å². The molecule has 0 saturated heterocycles. The molecule has 0 aromatic carbocycles. The van der Waals surface area contributed by atoms with Crippen molar-refractivity contribution in [2.75, 3.05) is 6.54 Å². The quantitative estimate of drug-likeness (QED) is 0.234. The maximum absolute atomic E-state index is 8.37. The van der Waals surface area contributed by atoms with Gasteiger partial charge in [-0.3, -0.25) is 0 Å². The van der Waals surface area contributed by atoms with Gasteiger partial charge in [0.2, 0.25) is 0 Å². The molecule has 5 heteroatoms. The Hall–Kier alpha value is -0.770. The minimum absolute atomic E-state index is 0.258. The third-order valence-electron chi connectivity index (χ3n) is 0.588. The number of nitrogens with two attached hydrogens (primary N) is 1. The fourth-order valence-corrected chi connectivity index (χ4v) is 0.235. The smallest absolute Gasteiger partial charge is 0.102 e. The van der Waals surface area contributed by atoms with Crippen LogP contribution in [0.4, 0.5) is 0 Å². The highest BCUT2D eigenvalue weighted by atomic mass is 16.3. The third-order valence-corrected chi connectivity index (χ3v) is 0.588. The van der Waals surface area contributed by atoms with Crippen molar-refractivity contribution < 1.29 is 5.11 Å². The molecule has 0 spiro atoms. The highest BCUT2D eigenvalue weighted by Crippen LogP contribution is 1.82. The molecule has 0 aliphatic heterocycles. The van der Waals surface area contributed by atoms with Gasteiger partial charge < -0.3 is 10.8 Å². The molecule has 46 valence electrons. The van der Waals surface area contributed by atoms with Crippen LogP contribution < -0.4 is 5.73 Å². The zero-order valence-corrected chi connectivity index (χ0v) is 4.36. The van der Waals surface area contributed by atoms with Crippen LogP contribution in [-0.2, 0) is 0 Å². The molecule has 1 unspecified atom stereocenters. The Bertz CT molecular complexity index is 95.5. The van der Waals surface area contributed by atoms with Gasteiger partial charge in [-0.15, -0.1) is 0 Å². The lowest BCUT2D eigenvalue weighted by atomic mass is 10.4. The number of aliphatic hydroxyl groups is 1. The summed E-state index contributed by atoms with van der Waals surface area (Å²) in [5.74, 6) is 0. The van der Waals surface area contributed by atoms with Crippen LogP contribution in [0.5, 0.6) is 0 Å². The number of aliphatic hydroxyl groups excluding tert-OH is 1. The highest BCUT2D eigenvalue weighted by molar-refractivity contribution is 4.49. The molecule has 0 rings (SSSR count). The van der Waals surface area contributed by atoms with Crippen LogP contribution in [0.25, 0.3) is 10.4 Å². The maximum atomic E-state index is 8.37. The summed E-state index contributed by atoms with van der Waals surface area (Å²) in [6.45, 7) is 0.258. The fourth-order valence-electron chi connectivity index (χ4n) is 0.235. The fraction of sp³-hybridized carbons (Fsp3) is 1.00. The lowest BCUT2D eigenvalue weighted by Gasteiger charge is -1.96. The predicted molar refractivity (Wildman–Crippen MR) is 28.8 cm³/mol. The molecule has 0 bridgehead atoms. The first-order chi connectivity index (χ1) is 3.77. The molecule has 0 aliphatic rings. The Labute approximate surface area is 46.7 Å². The van der Waals surface area contributed by atoms with Gasteiger partial charge in [0.15, 0.2) is 0 Å². The van der Waals surface area contributed by atoms with Gasteiger partial charge in [0.05, 0.1) is 0 Å². The Morgan fingerprint density at radius 2 is 2.50 bits per heavy atom. The minimum Gasteiger partial charge on any atom is -0.379 e. The summed E-state index contributed by atoms with van der Waals surface area (Å²) in [5.41, 5.74) is 12.6. The van der Waals surface area contributed by atoms with E-state index in [9.17, 15) is 0 Å². The second kappa shape index (κ2) is 4.39. The summed E-state index contributed by atoms with van der Waals surface area (Å²) in [7, 11) is 0. The Morgan fingerprint density at radius 1 is 1.88 bits per heavy atom. The molecule has 0 saturated carbocycles. The van der Waals surface area contributed by atoms with E-state index in [0.29, 0.717) is 6.42 Å². The Morgan fingerprint density at radius 3 is 2.88 bits per heavy atom. The average Bonchev–Trinajstić information content (AvgIpc) is 1.66. The maximum Gasteiger partial charge on any atom is 0.102 e. The van der Waals surface area contributed by atoms with E-state index in [4.69, 9.17) is 16.4 Å². The molecule has 0 amide bonds. The third kappa shape index (κ3) is 5.23. The van der Waals surface area contributed by atoms with E-state index in [1.165, 1.54) is 0 Å². The van der Waals surface area contributed by atoms with Crippen molar-refractivity contribution in [3.05, 3.63) is 10.4 Å². The molecule has 0 fully saturated rings. The molecule has 1 atom stereocenters. The molecule has 0 aromatic rings. The van der Waals surface area contributed by atoms with Gasteiger partial charge in [-0.05, 0) is 12.0 Å². The molecule has 5 nitrogen and oxygen atoms in total. The zero-order chi connectivity index (χ0) is 6.41. The lowest BCUT2D eigenvalue weighted by Crippen LogP contribution is -2.19. The van der Waals surface area contributed by atoms with Gasteiger partial charge >= 0.3 is 0 Å². The highest BCUT2D eigenvalue weighted by Gasteiger charge is 1.90. The first-order valence-electron chi connectivity index (χ1n) is 2.22. The SMILES string of the molecule is [N-]=[N+]=NCCC(N)O. The number of hydrogen-bond acceptors (Lipinski definition) is 3. The van der Waals surface area contributed by atoms with Crippen LogP contribution in [-0.4, -0.2) is 17.9 Å². The second-order valence-corrected chi connectivity index (χ2v) is 1.31. The van der Waals surface area contributed by atoms with E-state index in [-0.39, 0.29) is 6.54 Å². The standard InChI is InChI=1S/C3H8N4O/c4-3(8)1-2-6-7-5/h3,8H,1-2,4H2. The van der Waals surface area contributed by atoms with Crippen molar-refractivity contribution in [2.24, 2.45) is 10.8 Å². The van der Waals surface area contributed by atoms with E-state index in [1.54, 1.807) is 0 Å². The molecule has 0 heterocycles. The topological polar surface area (TPSA) is 95.0 Å². The number of nitrogens with zero attached hydrogens (tertiary/aromatic N) is 3. The first-order valence-corrected chi connectivity index (χ1v) is 2.22. The molecular formula is C3H8N4O. The van der Waals surface area contributed by atoms with Gasteiger partial charge in [-0.1, -0.05) is 5.11 Å². The number of azide groups is 1. The van der Waals surface area contributed by atoms with Crippen molar-refractivity contribution in [3.63, 3.8) is 0 Å².